The van der Waals surface area contributed by atoms with Crippen LogP contribution in [0.15, 0.2) is 11.6 Å². The summed E-state index contributed by atoms with van der Waals surface area (Å²) in [7, 11) is 0. The molecular formula is C36H60N2O4. The van der Waals surface area contributed by atoms with Crippen molar-refractivity contribution in [3.63, 3.8) is 0 Å². The average Bonchev–Trinajstić information content (AvgIpc) is 3.52. The molecule has 4 aliphatic carbocycles. The van der Waals surface area contributed by atoms with E-state index in [9.17, 15) is 14.7 Å². The number of hydrogen-bond acceptors (Lipinski definition) is 4. The van der Waals surface area contributed by atoms with Gasteiger partial charge in [-0.15, -0.1) is 0 Å². The van der Waals surface area contributed by atoms with Crippen LogP contribution in [0, 0.1) is 40.4 Å². The van der Waals surface area contributed by atoms with Gasteiger partial charge in [-0.2, -0.15) is 0 Å². The number of allylic oxidation sites excluding steroid dienone is 1. The Morgan fingerprint density at radius 2 is 1.79 bits per heavy atom. The van der Waals surface area contributed by atoms with Crippen LogP contribution in [0.3, 0.4) is 0 Å². The Balaban J connectivity index is 1.11. The first kappa shape index (κ1) is 31.9. The molecule has 0 bridgehead atoms. The van der Waals surface area contributed by atoms with Crippen LogP contribution in [0.4, 0.5) is 4.79 Å². The molecule has 0 spiro atoms. The third-order valence-electron chi connectivity index (χ3n) is 13.1. The van der Waals surface area contributed by atoms with Crippen molar-refractivity contribution in [3.05, 3.63) is 11.6 Å². The molecule has 2 amide bonds. The predicted molar refractivity (Wildman–Crippen MR) is 168 cm³/mol. The van der Waals surface area contributed by atoms with Gasteiger partial charge in [0.2, 0.25) is 5.91 Å². The van der Waals surface area contributed by atoms with Gasteiger partial charge in [0.05, 0.1) is 6.10 Å². The Kier molecular flexibility index (Phi) is 10.3. The number of carbonyl (C=O) groups is 2. The van der Waals surface area contributed by atoms with Gasteiger partial charge >= 0.3 is 6.09 Å². The van der Waals surface area contributed by atoms with Crippen LogP contribution < -0.4 is 5.32 Å². The number of nitrogens with one attached hydrogen (secondary N) is 1. The number of alkyl carbamates (subject to hydrolysis) is 1. The Labute approximate surface area is 255 Å². The van der Waals surface area contributed by atoms with Crippen molar-refractivity contribution < 1.29 is 19.4 Å². The van der Waals surface area contributed by atoms with Gasteiger partial charge in [-0.1, -0.05) is 77.9 Å². The topological polar surface area (TPSA) is 78.9 Å². The van der Waals surface area contributed by atoms with Crippen molar-refractivity contribution in [2.45, 2.75) is 143 Å². The SMILES string of the molecule is CCCCCCCC[C@H]1CCC2C3CC=C4CC(OC(=O)NCC(=O)N5C[C@@H](CC)[C@@H](O)C5)CC[C@]4(C)C3CC[C@@]21C. The van der Waals surface area contributed by atoms with Gasteiger partial charge in [0.25, 0.3) is 0 Å². The number of hydrogen-bond donors (Lipinski definition) is 2. The molecule has 0 radical (unpaired) electrons. The molecule has 0 aromatic heterocycles. The summed E-state index contributed by atoms with van der Waals surface area (Å²) in [6.07, 6.45) is 21.8. The summed E-state index contributed by atoms with van der Waals surface area (Å²) < 4.78 is 5.85. The molecule has 6 nitrogen and oxygen atoms in total. The molecule has 42 heavy (non-hydrogen) atoms. The fraction of sp³-hybridized carbons (Fsp3) is 0.889. The maximum Gasteiger partial charge on any atom is 0.407 e. The Morgan fingerprint density at radius 3 is 2.55 bits per heavy atom. The molecule has 238 valence electrons. The second-order valence-corrected chi connectivity index (χ2v) is 15.3. The van der Waals surface area contributed by atoms with Crippen molar-refractivity contribution in [2.24, 2.45) is 40.4 Å². The number of likely N-dealkylation sites (tertiary alicyclic amines) is 1. The molecular weight excluding hydrogens is 524 g/mol. The first-order valence-corrected chi connectivity index (χ1v) is 17.8. The number of ether oxygens (including phenoxy) is 1. The number of aliphatic hydroxyl groups excluding tert-OH is 1. The molecule has 1 saturated heterocycles. The summed E-state index contributed by atoms with van der Waals surface area (Å²) in [5.41, 5.74) is 2.29. The molecule has 1 aliphatic heterocycles. The van der Waals surface area contributed by atoms with Gasteiger partial charge in [-0.25, -0.2) is 4.79 Å². The average molecular weight is 585 g/mol. The molecule has 0 aromatic carbocycles. The second-order valence-electron chi connectivity index (χ2n) is 15.3. The van der Waals surface area contributed by atoms with E-state index in [1.807, 2.05) is 6.92 Å². The number of aliphatic hydroxyl groups is 1. The molecule has 0 aromatic rings. The number of rotatable bonds is 11. The zero-order chi connectivity index (χ0) is 29.9. The summed E-state index contributed by atoms with van der Waals surface area (Å²) in [6.45, 7) is 10.3. The summed E-state index contributed by atoms with van der Waals surface area (Å²) in [5, 5.41) is 12.8. The van der Waals surface area contributed by atoms with Crippen molar-refractivity contribution in [1.82, 2.24) is 10.2 Å². The minimum atomic E-state index is -0.492. The van der Waals surface area contributed by atoms with Gasteiger partial charge in [-0.3, -0.25) is 4.79 Å². The predicted octanol–water partition coefficient (Wildman–Crippen LogP) is 7.64. The summed E-state index contributed by atoms with van der Waals surface area (Å²) in [4.78, 5) is 26.9. The lowest BCUT2D eigenvalue weighted by Crippen LogP contribution is -2.50. The smallest absolute Gasteiger partial charge is 0.407 e. The van der Waals surface area contributed by atoms with E-state index in [-0.39, 0.29) is 29.9 Å². The van der Waals surface area contributed by atoms with Gasteiger partial charge in [-0.05, 0) is 92.3 Å². The first-order chi connectivity index (χ1) is 20.2. The number of β-amino-alcohol motifs (C(OH)–C–C–N with tert-alkyl or cyclic N) is 1. The fourth-order valence-corrected chi connectivity index (χ4v) is 10.4. The minimum absolute atomic E-state index is 0.0706. The van der Waals surface area contributed by atoms with E-state index in [1.165, 1.54) is 82.6 Å². The molecule has 6 heteroatoms. The van der Waals surface area contributed by atoms with Crippen molar-refractivity contribution in [1.29, 1.82) is 0 Å². The molecule has 4 fully saturated rings. The van der Waals surface area contributed by atoms with Crippen molar-refractivity contribution in [2.75, 3.05) is 19.6 Å². The number of amides is 2. The summed E-state index contributed by atoms with van der Waals surface area (Å²) >= 11 is 0. The van der Waals surface area contributed by atoms with Crippen LogP contribution in [0.1, 0.15) is 130 Å². The monoisotopic (exact) mass is 584 g/mol. The molecule has 2 N–H and O–H groups in total. The molecule has 4 unspecified atom stereocenters. The lowest BCUT2D eigenvalue weighted by molar-refractivity contribution is -0.129. The molecule has 3 saturated carbocycles. The minimum Gasteiger partial charge on any atom is -0.446 e. The van der Waals surface area contributed by atoms with Crippen LogP contribution >= 0.6 is 0 Å². The number of fused-ring (bicyclic) bond motifs is 5. The molecule has 9 atom stereocenters. The standard InChI is InChI=1S/C36H60N2O4/c1-5-7-8-9-10-11-12-26-14-16-30-29-15-13-27-21-28(17-19-36(27,4)31(29)18-20-35(26,30)3)42-34(41)37-22-33(40)38-23-25(6-2)32(39)24-38/h13,25-26,28-32,39H,5-12,14-24H2,1-4H3,(H,37,41)/t25-,26+,28?,29?,30?,31?,32+,35-,36+/m1/s1. The Bertz CT molecular complexity index is 981. The third kappa shape index (κ3) is 6.44. The van der Waals surface area contributed by atoms with Crippen molar-refractivity contribution >= 4 is 12.0 Å². The normalized spacial score (nSPS) is 39.2. The summed E-state index contributed by atoms with van der Waals surface area (Å²) in [5.74, 6) is 3.35. The van der Waals surface area contributed by atoms with Crippen LogP contribution in [0.5, 0.6) is 0 Å². The highest BCUT2D eigenvalue weighted by molar-refractivity contribution is 5.82. The van der Waals surface area contributed by atoms with Gasteiger partial charge in [0.1, 0.15) is 12.6 Å². The van der Waals surface area contributed by atoms with E-state index in [0.29, 0.717) is 18.5 Å². The van der Waals surface area contributed by atoms with E-state index in [4.69, 9.17) is 4.74 Å². The van der Waals surface area contributed by atoms with Crippen LogP contribution in [-0.4, -0.2) is 53.8 Å². The van der Waals surface area contributed by atoms with Crippen LogP contribution in [0.25, 0.3) is 0 Å². The van der Waals surface area contributed by atoms with E-state index >= 15 is 0 Å². The number of carbonyl (C=O) groups excluding carboxylic acids is 2. The van der Waals surface area contributed by atoms with E-state index in [2.05, 4.69) is 32.2 Å². The molecule has 5 rings (SSSR count). The maximum atomic E-state index is 12.6. The van der Waals surface area contributed by atoms with Gasteiger partial charge < -0.3 is 20.1 Å². The van der Waals surface area contributed by atoms with E-state index in [0.717, 1.165) is 49.4 Å². The number of unbranched alkanes of at least 4 members (excludes halogenated alkanes) is 5. The fourth-order valence-electron chi connectivity index (χ4n) is 10.4. The van der Waals surface area contributed by atoms with Gasteiger partial charge in [0, 0.05) is 25.4 Å². The molecule has 1 heterocycles. The lowest BCUT2D eigenvalue weighted by atomic mass is 9.47. The van der Waals surface area contributed by atoms with Crippen LogP contribution in [-0.2, 0) is 9.53 Å². The Morgan fingerprint density at radius 1 is 1.00 bits per heavy atom. The molecule has 5 aliphatic rings. The van der Waals surface area contributed by atoms with E-state index < -0.39 is 12.2 Å². The highest BCUT2D eigenvalue weighted by atomic mass is 16.6. The third-order valence-corrected chi connectivity index (χ3v) is 13.1. The van der Waals surface area contributed by atoms with E-state index in [1.54, 1.807) is 4.90 Å². The lowest BCUT2D eigenvalue weighted by Gasteiger charge is -2.58. The number of nitrogens with zero attached hydrogens (tertiary/aromatic N) is 1. The highest BCUT2D eigenvalue weighted by Crippen LogP contribution is 2.66. The highest BCUT2D eigenvalue weighted by Gasteiger charge is 2.58. The largest absolute Gasteiger partial charge is 0.446 e. The second kappa shape index (κ2) is 13.6. The zero-order valence-corrected chi connectivity index (χ0v) is 27.2. The quantitative estimate of drug-likeness (QED) is 0.193. The van der Waals surface area contributed by atoms with Gasteiger partial charge in [0.15, 0.2) is 0 Å². The Hall–Kier alpha value is -1.56. The van der Waals surface area contributed by atoms with Crippen molar-refractivity contribution in [3.8, 4) is 0 Å². The summed E-state index contributed by atoms with van der Waals surface area (Å²) in [6, 6.07) is 0. The zero-order valence-electron chi connectivity index (χ0n) is 27.2. The maximum absolute atomic E-state index is 12.6. The first-order valence-electron chi connectivity index (χ1n) is 17.8. The van der Waals surface area contributed by atoms with Crippen LogP contribution in [0.2, 0.25) is 0 Å².